The van der Waals surface area contributed by atoms with Crippen LogP contribution in [0.25, 0.3) is 0 Å². The molecule has 1 aromatic rings. The van der Waals surface area contributed by atoms with Gasteiger partial charge in [0.15, 0.2) is 0 Å². The summed E-state index contributed by atoms with van der Waals surface area (Å²) in [6, 6.07) is 3.54. The summed E-state index contributed by atoms with van der Waals surface area (Å²) >= 11 is 3.25. The average Bonchev–Trinajstić information content (AvgIpc) is 2.39. The minimum atomic E-state index is -0.358. The van der Waals surface area contributed by atoms with Crippen molar-refractivity contribution in [2.24, 2.45) is 5.92 Å². The van der Waals surface area contributed by atoms with Gasteiger partial charge in [-0.25, -0.2) is 4.98 Å². The molecule has 1 aromatic heterocycles. The fourth-order valence-corrected chi connectivity index (χ4v) is 2.51. The van der Waals surface area contributed by atoms with Crippen LogP contribution in [0.2, 0.25) is 0 Å². The Bertz CT molecular complexity index is 420. The number of carbonyl (C=O) groups is 1. The summed E-state index contributed by atoms with van der Waals surface area (Å²) in [5.41, 5.74) is 0.601. The van der Waals surface area contributed by atoms with E-state index in [1.54, 1.807) is 25.3 Å². The van der Waals surface area contributed by atoms with E-state index in [1.165, 1.54) is 0 Å². The van der Waals surface area contributed by atoms with Crippen molar-refractivity contribution in [1.82, 2.24) is 9.88 Å². The number of pyridine rings is 1. The summed E-state index contributed by atoms with van der Waals surface area (Å²) in [5, 5.41) is 9.63. The third-order valence-electron chi connectivity index (χ3n) is 3.40. The Kier molecular flexibility index (Phi) is 4.35. The van der Waals surface area contributed by atoms with Gasteiger partial charge in [-0.3, -0.25) is 4.79 Å². The molecule has 98 valence electrons. The van der Waals surface area contributed by atoms with Crippen molar-refractivity contribution in [2.45, 2.75) is 25.9 Å². The number of likely N-dealkylation sites (tertiary alicyclic amines) is 1. The molecule has 1 fully saturated rings. The van der Waals surface area contributed by atoms with Crippen molar-refractivity contribution in [3.63, 3.8) is 0 Å². The van der Waals surface area contributed by atoms with Crippen LogP contribution in [0.1, 0.15) is 30.1 Å². The van der Waals surface area contributed by atoms with E-state index in [1.807, 2.05) is 4.90 Å². The number of hydrogen-bond donors (Lipinski definition) is 1. The lowest BCUT2D eigenvalue weighted by Gasteiger charge is -2.34. The smallest absolute Gasteiger partial charge is 0.255 e. The van der Waals surface area contributed by atoms with Gasteiger partial charge in [0.1, 0.15) is 4.60 Å². The number of aromatic nitrogens is 1. The Morgan fingerprint density at radius 1 is 1.61 bits per heavy atom. The summed E-state index contributed by atoms with van der Waals surface area (Å²) < 4.78 is 0.722. The average molecular weight is 313 g/mol. The molecule has 18 heavy (non-hydrogen) atoms. The van der Waals surface area contributed by atoms with Gasteiger partial charge in [-0.05, 0) is 47.8 Å². The van der Waals surface area contributed by atoms with Crippen molar-refractivity contribution >= 4 is 21.8 Å². The molecule has 1 amide bonds. The first-order valence-corrected chi connectivity index (χ1v) is 6.96. The molecule has 2 atom stereocenters. The monoisotopic (exact) mass is 312 g/mol. The van der Waals surface area contributed by atoms with Gasteiger partial charge in [0.05, 0.1) is 11.7 Å². The lowest BCUT2D eigenvalue weighted by Crippen LogP contribution is -2.42. The molecule has 0 aromatic carbocycles. The normalized spacial score (nSPS) is 21.7. The van der Waals surface area contributed by atoms with Gasteiger partial charge in [-0.2, -0.15) is 0 Å². The van der Waals surface area contributed by atoms with Crippen LogP contribution in [0.5, 0.6) is 0 Å². The zero-order chi connectivity index (χ0) is 13.1. The number of nitrogens with zero attached hydrogens (tertiary/aromatic N) is 2. The molecule has 2 heterocycles. The van der Waals surface area contributed by atoms with Crippen LogP contribution in [-0.2, 0) is 0 Å². The van der Waals surface area contributed by atoms with Crippen LogP contribution in [0.15, 0.2) is 22.9 Å². The number of hydrogen-bond acceptors (Lipinski definition) is 3. The number of aliphatic hydroxyl groups excluding tert-OH is 1. The number of carbonyl (C=O) groups excluding carboxylic acids is 1. The van der Waals surface area contributed by atoms with Gasteiger partial charge >= 0.3 is 0 Å². The molecule has 1 aliphatic heterocycles. The van der Waals surface area contributed by atoms with E-state index in [0.29, 0.717) is 12.1 Å². The van der Waals surface area contributed by atoms with E-state index in [-0.39, 0.29) is 17.9 Å². The van der Waals surface area contributed by atoms with E-state index in [4.69, 9.17) is 0 Å². The predicted octanol–water partition coefficient (Wildman–Crippen LogP) is 2.08. The predicted molar refractivity (Wildman–Crippen MR) is 72.2 cm³/mol. The number of piperidine rings is 1. The molecular weight excluding hydrogens is 296 g/mol. The molecular formula is C13H17BrN2O2. The van der Waals surface area contributed by atoms with Gasteiger partial charge in [-0.15, -0.1) is 0 Å². The number of rotatable bonds is 2. The Balaban J connectivity index is 2.06. The van der Waals surface area contributed by atoms with Crippen molar-refractivity contribution in [1.29, 1.82) is 0 Å². The molecule has 1 aliphatic rings. The van der Waals surface area contributed by atoms with E-state index >= 15 is 0 Å². The van der Waals surface area contributed by atoms with Crippen LogP contribution < -0.4 is 0 Å². The van der Waals surface area contributed by atoms with Crippen molar-refractivity contribution in [2.75, 3.05) is 13.1 Å². The Morgan fingerprint density at radius 3 is 3.00 bits per heavy atom. The maximum atomic E-state index is 12.3. The van der Waals surface area contributed by atoms with Crippen molar-refractivity contribution in [3.05, 3.63) is 28.5 Å². The molecule has 0 radical (unpaired) electrons. The lowest BCUT2D eigenvalue weighted by atomic mass is 9.93. The van der Waals surface area contributed by atoms with Crippen molar-refractivity contribution < 1.29 is 9.90 Å². The second-order valence-electron chi connectivity index (χ2n) is 4.76. The molecule has 0 aliphatic carbocycles. The van der Waals surface area contributed by atoms with Gasteiger partial charge in [0.25, 0.3) is 5.91 Å². The quantitative estimate of drug-likeness (QED) is 0.851. The number of amides is 1. The summed E-state index contributed by atoms with van der Waals surface area (Å²) in [7, 11) is 0. The molecule has 0 bridgehead atoms. The van der Waals surface area contributed by atoms with E-state index in [9.17, 15) is 9.90 Å². The zero-order valence-electron chi connectivity index (χ0n) is 10.3. The highest BCUT2D eigenvalue weighted by Gasteiger charge is 2.27. The largest absolute Gasteiger partial charge is 0.393 e. The summed E-state index contributed by atoms with van der Waals surface area (Å²) in [6.07, 6.45) is 3.16. The van der Waals surface area contributed by atoms with E-state index in [2.05, 4.69) is 20.9 Å². The summed E-state index contributed by atoms with van der Waals surface area (Å²) in [5.74, 6) is 0.187. The maximum absolute atomic E-state index is 12.3. The topological polar surface area (TPSA) is 53.4 Å². The molecule has 1 saturated heterocycles. The number of halogens is 1. The molecule has 2 unspecified atom stereocenters. The first-order valence-electron chi connectivity index (χ1n) is 6.17. The minimum Gasteiger partial charge on any atom is -0.393 e. The van der Waals surface area contributed by atoms with Crippen LogP contribution >= 0.6 is 15.9 Å². The molecule has 5 heteroatoms. The molecule has 0 saturated carbocycles. The maximum Gasteiger partial charge on any atom is 0.255 e. The van der Waals surface area contributed by atoms with Gasteiger partial charge in [0.2, 0.25) is 0 Å². The number of aliphatic hydroxyl groups is 1. The summed E-state index contributed by atoms with van der Waals surface area (Å²) in [6.45, 7) is 3.19. The SMILES string of the molecule is CC(O)C1CCCN(C(=O)c2ccc(Br)nc2)C1. The van der Waals surface area contributed by atoms with Gasteiger partial charge in [0, 0.05) is 25.2 Å². The third-order valence-corrected chi connectivity index (χ3v) is 3.87. The molecule has 0 spiro atoms. The van der Waals surface area contributed by atoms with Gasteiger partial charge < -0.3 is 10.0 Å². The standard InChI is InChI=1S/C13H17BrN2O2/c1-9(17)11-3-2-6-16(8-11)13(18)10-4-5-12(14)15-7-10/h4-5,7,9,11,17H,2-3,6,8H2,1H3. The van der Waals surface area contributed by atoms with Gasteiger partial charge in [-0.1, -0.05) is 0 Å². The molecule has 1 N–H and O–H groups in total. The third kappa shape index (κ3) is 3.09. The first-order chi connectivity index (χ1) is 8.58. The fourth-order valence-electron chi connectivity index (χ4n) is 2.27. The lowest BCUT2D eigenvalue weighted by molar-refractivity contribution is 0.0465. The van der Waals surface area contributed by atoms with Crippen LogP contribution in [0.3, 0.4) is 0 Å². The summed E-state index contributed by atoms with van der Waals surface area (Å²) in [4.78, 5) is 18.1. The van der Waals surface area contributed by atoms with Crippen LogP contribution in [-0.4, -0.2) is 40.1 Å². The second kappa shape index (κ2) is 5.80. The highest BCUT2D eigenvalue weighted by Crippen LogP contribution is 2.21. The molecule has 4 nitrogen and oxygen atoms in total. The Morgan fingerprint density at radius 2 is 2.39 bits per heavy atom. The van der Waals surface area contributed by atoms with Crippen LogP contribution in [0.4, 0.5) is 0 Å². The highest BCUT2D eigenvalue weighted by molar-refractivity contribution is 9.10. The van der Waals surface area contributed by atoms with E-state index < -0.39 is 0 Å². The Labute approximate surface area is 115 Å². The van der Waals surface area contributed by atoms with E-state index in [0.717, 1.165) is 24.0 Å². The fraction of sp³-hybridized carbons (Fsp3) is 0.538. The minimum absolute atomic E-state index is 0.000324. The highest BCUT2D eigenvalue weighted by atomic mass is 79.9. The first kappa shape index (κ1) is 13.5. The van der Waals surface area contributed by atoms with Crippen LogP contribution in [0, 0.1) is 5.92 Å². The Hall–Kier alpha value is -0.940. The zero-order valence-corrected chi connectivity index (χ0v) is 11.9. The second-order valence-corrected chi connectivity index (χ2v) is 5.58. The van der Waals surface area contributed by atoms with Crippen molar-refractivity contribution in [3.8, 4) is 0 Å². The molecule has 2 rings (SSSR count).